The zero-order valence-electron chi connectivity index (χ0n) is 34.0. The highest BCUT2D eigenvalue weighted by molar-refractivity contribution is 6.93. The first-order valence-corrected chi connectivity index (χ1v) is 20.6. The lowest BCUT2D eigenvalue weighted by molar-refractivity contribution is 0.590. The second-order valence-electron chi connectivity index (χ2n) is 19.4. The largest absolute Gasteiger partial charge is 0.456 e. The highest BCUT2D eigenvalue weighted by Gasteiger charge is 2.46. The van der Waals surface area contributed by atoms with Crippen molar-refractivity contribution in [2.75, 3.05) is 4.81 Å². The molecule has 0 spiro atoms. The zero-order chi connectivity index (χ0) is 38.9. The summed E-state index contributed by atoms with van der Waals surface area (Å²) in [4.78, 5) is 2.69. The van der Waals surface area contributed by atoms with Crippen molar-refractivity contribution in [3.8, 4) is 27.9 Å². The van der Waals surface area contributed by atoms with Gasteiger partial charge in [0.1, 0.15) is 11.2 Å². The second-order valence-corrected chi connectivity index (χ2v) is 19.4. The Morgan fingerprint density at radius 3 is 2.07 bits per heavy atom. The van der Waals surface area contributed by atoms with Gasteiger partial charge in [-0.2, -0.15) is 0 Å². The van der Waals surface area contributed by atoms with E-state index in [-0.39, 0.29) is 23.1 Å². The lowest BCUT2D eigenvalue weighted by Gasteiger charge is -2.43. The number of hydrogen-bond acceptors (Lipinski definition) is 2. The standard InChI is InChI=1S/C53H45BN2O/c1-51(2,3)30-17-20-32(21-18-30)56-44-29-40-37(33-13-9-11-15-39(33)53(40,7)8)28-38(44)34-22-23-36-47-43(25-26-46-48(47)35-14-10-12-16-45(35)57-46)55-42-24-19-31(52(4,5)6)27-41(42)54(56)49(34)50(36)55/h9-29H,1-8H3. The molecule has 2 aromatic heterocycles. The van der Waals surface area contributed by atoms with Gasteiger partial charge < -0.3 is 13.8 Å². The second kappa shape index (κ2) is 10.7. The van der Waals surface area contributed by atoms with Gasteiger partial charge in [-0.1, -0.05) is 134 Å². The molecule has 4 heterocycles. The number of para-hydroxylation sites is 1. The third kappa shape index (κ3) is 4.23. The molecular weight excluding hydrogens is 691 g/mol. The summed E-state index contributed by atoms with van der Waals surface area (Å²) in [5, 5.41) is 4.89. The Kier molecular flexibility index (Phi) is 6.22. The molecule has 276 valence electrons. The molecule has 4 heteroatoms. The number of furan rings is 1. The Bertz CT molecular complexity index is 3230. The van der Waals surface area contributed by atoms with Crippen LogP contribution < -0.4 is 15.7 Å². The molecule has 1 aliphatic carbocycles. The normalized spacial score (nSPS) is 15.1. The van der Waals surface area contributed by atoms with Crippen LogP contribution in [0.3, 0.4) is 0 Å². The molecule has 7 aromatic carbocycles. The van der Waals surface area contributed by atoms with Gasteiger partial charge in [0.2, 0.25) is 0 Å². The monoisotopic (exact) mass is 736 g/mol. The molecule has 0 unspecified atom stereocenters. The van der Waals surface area contributed by atoms with E-state index in [1.807, 2.05) is 0 Å². The van der Waals surface area contributed by atoms with Crippen LogP contribution in [-0.4, -0.2) is 11.4 Å². The number of aromatic nitrogens is 1. The average molecular weight is 737 g/mol. The predicted octanol–water partition coefficient (Wildman–Crippen LogP) is 12.8. The molecule has 12 rings (SSSR count). The minimum Gasteiger partial charge on any atom is -0.456 e. The van der Waals surface area contributed by atoms with E-state index in [4.69, 9.17) is 4.42 Å². The van der Waals surface area contributed by atoms with Crippen molar-refractivity contribution < 1.29 is 4.42 Å². The molecule has 0 saturated carbocycles. The Morgan fingerprint density at radius 2 is 1.28 bits per heavy atom. The summed E-state index contributed by atoms with van der Waals surface area (Å²) in [6.07, 6.45) is 0. The maximum atomic E-state index is 6.52. The maximum absolute atomic E-state index is 6.52. The van der Waals surface area contributed by atoms with Crippen molar-refractivity contribution >= 4 is 72.9 Å². The van der Waals surface area contributed by atoms with E-state index in [9.17, 15) is 0 Å². The van der Waals surface area contributed by atoms with E-state index in [0.29, 0.717) is 0 Å². The Hall–Kier alpha value is -6.00. The van der Waals surface area contributed by atoms with Gasteiger partial charge in [0, 0.05) is 49.6 Å². The fraction of sp³-hybridized carbons (Fsp3) is 0.208. The van der Waals surface area contributed by atoms with Gasteiger partial charge in [0.25, 0.3) is 0 Å². The third-order valence-electron chi connectivity index (χ3n) is 13.7. The molecule has 57 heavy (non-hydrogen) atoms. The number of rotatable bonds is 1. The highest BCUT2D eigenvalue weighted by Crippen LogP contribution is 2.54. The molecular formula is C53H45BN2O. The van der Waals surface area contributed by atoms with Crippen LogP contribution in [0.15, 0.2) is 132 Å². The summed E-state index contributed by atoms with van der Waals surface area (Å²) < 4.78 is 9.11. The molecule has 9 aromatic rings. The lowest BCUT2D eigenvalue weighted by Crippen LogP contribution is -2.60. The molecule has 0 atom stereocenters. The summed E-state index contributed by atoms with van der Waals surface area (Å²) in [6.45, 7) is 18.7. The van der Waals surface area contributed by atoms with E-state index in [0.717, 1.165) is 16.6 Å². The quantitative estimate of drug-likeness (QED) is 0.157. The minimum absolute atomic E-state index is 0.0207. The van der Waals surface area contributed by atoms with Crippen LogP contribution in [0.5, 0.6) is 0 Å². The van der Waals surface area contributed by atoms with E-state index in [1.165, 1.54) is 99.7 Å². The molecule has 0 amide bonds. The fourth-order valence-corrected chi connectivity index (χ4v) is 10.8. The minimum atomic E-state index is -0.123. The topological polar surface area (TPSA) is 21.3 Å². The van der Waals surface area contributed by atoms with Crippen LogP contribution >= 0.6 is 0 Å². The van der Waals surface area contributed by atoms with Gasteiger partial charge in [-0.3, -0.25) is 0 Å². The summed E-state index contributed by atoms with van der Waals surface area (Å²) in [5.74, 6) is 0. The van der Waals surface area contributed by atoms with Crippen molar-refractivity contribution in [1.29, 1.82) is 0 Å². The van der Waals surface area contributed by atoms with E-state index in [2.05, 4.69) is 192 Å². The van der Waals surface area contributed by atoms with Crippen LogP contribution in [0.1, 0.15) is 77.6 Å². The number of anilines is 2. The first kappa shape index (κ1) is 33.2. The first-order chi connectivity index (χ1) is 27.3. The van der Waals surface area contributed by atoms with Crippen molar-refractivity contribution in [1.82, 2.24) is 4.57 Å². The predicted molar refractivity (Wildman–Crippen MR) is 242 cm³/mol. The summed E-state index contributed by atoms with van der Waals surface area (Å²) in [5.41, 5.74) is 21.5. The van der Waals surface area contributed by atoms with Crippen molar-refractivity contribution in [2.24, 2.45) is 0 Å². The number of nitrogens with zero attached hydrogens (tertiary/aromatic N) is 2. The summed E-state index contributed by atoms with van der Waals surface area (Å²) in [6, 6.07) is 48.7. The van der Waals surface area contributed by atoms with Crippen molar-refractivity contribution in [2.45, 2.75) is 71.6 Å². The third-order valence-corrected chi connectivity index (χ3v) is 13.7. The Morgan fingerprint density at radius 1 is 0.544 bits per heavy atom. The van der Waals surface area contributed by atoms with Gasteiger partial charge in [-0.15, -0.1) is 0 Å². The van der Waals surface area contributed by atoms with E-state index in [1.54, 1.807) is 0 Å². The van der Waals surface area contributed by atoms with Gasteiger partial charge in [-0.05, 0) is 109 Å². The molecule has 0 fully saturated rings. The zero-order valence-corrected chi connectivity index (χ0v) is 34.0. The molecule has 0 bridgehead atoms. The van der Waals surface area contributed by atoms with Crippen LogP contribution in [0.4, 0.5) is 11.4 Å². The lowest BCUT2D eigenvalue weighted by atomic mass is 9.43. The molecule has 0 radical (unpaired) electrons. The average Bonchev–Trinajstić information content (AvgIpc) is 3.81. The SMILES string of the molecule is CC(C)(C)c1ccc(N2B3c4cc(C(C)(C)C)ccc4-n4c5ccc6oc7ccccc7c6c5c5ccc(c3c54)-c3cc4c(cc32)C(C)(C)c2ccccc2-4)cc1. The van der Waals surface area contributed by atoms with E-state index >= 15 is 0 Å². The van der Waals surface area contributed by atoms with E-state index < -0.39 is 0 Å². The van der Waals surface area contributed by atoms with Crippen molar-refractivity contribution in [3.63, 3.8) is 0 Å². The van der Waals surface area contributed by atoms with Crippen molar-refractivity contribution in [3.05, 3.63) is 150 Å². The molecule has 3 nitrogen and oxygen atoms in total. The van der Waals surface area contributed by atoms with Gasteiger partial charge in [-0.25, -0.2) is 0 Å². The van der Waals surface area contributed by atoms with Gasteiger partial charge in [0.15, 0.2) is 0 Å². The first-order valence-electron chi connectivity index (χ1n) is 20.6. The summed E-state index contributed by atoms with van der Waals surface area (Å²) in [7, 11) is 0. The van der Waals surface area contributed by atoms with Gasteiger partial charge in [0.05, 0.1) is 11.0 Å². The van der Waals surface area contributed by atoms with Gasteiger partial charge >= 0.3 is 6.85 Å². The van der Waals surface area contributed by atoms with Crippen LogP contribution in [0.2, 0.25) is 0 Å². The van der Waals surface area contributed by atoms with Crippen LogP contribution in [0, 0.1) is 0 Å². The fourth-order valence-electron chi connectivity index (χ4n) is 10.8. The smallest absolute Gasteiger partial charge is 0.333 e. The number of fused-ring (bicyclic) bond motifs is 15. The van der Waals surface area contributed by atoms with Crippen LogP contribution in [-0.2, 0) is 16.2 Å². The number of hydrogen-bond donors (Lipinski definition) is 0. The molecule has 0 saturated heterocycles. The summed E-state index contributed by atoms with van der Waals surface area (Å²) >= 11 is 0. The molecule has 0 N–H and O–H groups in total. The van der Waals surface area contributed by atoms with Crippen LogP contribution in [0.25, 0.3) is 71.7 Å². The molecule has 3 aliphatic rings. The highest BCUT2D eigenvalue weighted by atomic mass is 16.3. The Balaban J connectivity index is 1.26. The Labute approximate surface area is 334 Å². The maximum Gasteiger partial charge on any atom is 0.333 e. The number of benzene rings is 7. The molecule has 2 aliphatic heterocycles.